The number of aromatic nitrogens is 1. The van der Waals surface area contributed by atoms with Gasteiger partial charge in [0.15, 0.2) is 0 Å². The molecule has 1 atom stereocenters. The number of hydrogen-bond donors (Lipinski definition) is 0. The molecule has 1 aromatic heterocycles. The van der Waals surface area contributed by atoms with Crippen molar-refractivity contribution in [1.29, 1.82) is 0 Å². The zero-order valence-electron chi connectivity index (χ0n) is 12.4. The zero-order chi connectivity index (χ0) is 14.9. The maximum Gasteiger partial charge on any atom is 0.267 e. The molecule has 1 nitrogen and oxygen atoms in total. The fourth-order valence-electron chi connectivity index (χ4n) is 2.73. The van der Waals surface area contributed by atoms with Gasteiger partial charge in [-0.1, -0.05) is 48.5 Å². The highest BCUT2D eigenvalue weighted by molar-refractivity contribution is 7.36. The van der Waals surface area contributed by atoms with E-state index in [0.717, 1.165) is 10.5 Å². The summed E-state index contributed by atoms with van der Waals surface area (Å²) < 4.78 is 1.35. The molecule has 0 fully saturated rings. The third kappa shape index (κ3) is 2.32. The Morgan fingerprint density at radius 2 is 1.59 bits per heavy atom. The van der Waals surface area contributed by atoms with Crippen LogP contribution >= 0.6 is 10.5 Å². The molecule has 0 aliphatic rings. The molecule has 4 rings (SSSR count). The number of rotatable bonds is 2. The predicted molar refractivity (Wildman–Crippen MR) is 98.1 cm³/mol. The van der Waals surface area contributed by atoms with Gasteiger partial charge >= 0.3 is 0 Å². The van der Waals surface area contributed by atoms with Gasteiger partial charge in [-0.2, -0.15) is 4.98 Å². The Morgan fingerprint density at radius 3 is 2.45 bits per heavy atom. The monoisotopic (exact) mass is 302 g/mol. The molecule has 0 aliphatic heterocycles. The maximum absolute atomic E-state index is 4.75. The van der Waals surface area contributed by atoms with Crippen molar-refractivity contribution in [3.63, 3.8) is 0 Å². The van der Waals surface area contributed by atoms with Gasteiger partial charge in [0.1, 0.15) is 11.8 Å². The van der Waals surface area contributed by atoms with Crippen molar-refractivity contribution in [3.8, 4) is 0 Å². The summed E-state index contributed by atoms with van der Waals surface area (Å²) in [5.74, 6) is 0. The number of para-hydroxylation sites is 1. The van der Waals surface area contributed by atoms with Gasteiger partial charge in [0.05, 0.1) is 0 Å². The van der Waals surface area contributed by atoms with Crippen LogP contribution in [0.25, 0.3) is 33.1 Å². The summed E-state index contributed by atoms with van der Waals surface area (Å²) in [4.78, 5) is 4.75. The molecule has 0 bridgehead atoms. The van der Waals surface area contributed by atoms with Crippen LogP contribution < -0.4 is 0 Å². The van der Waals surface area contributed by atoms with Crippen LogP contribution in [0.3, 0.4) is 0 Å². The molecule has 0 amide bonds. The van der Waals surface area contributed by atoms with Gasteiger partial charge in [0.2, 0.25) is 4.70 Å². The summed E-state index contributed by atoms with van der Waals surface area (Å²) in [6, 6.07) is 23.4. The first kappa shape index (κ1) is 13.2. The molecule has 0 saturated heterocycles. The van der Waals surface area contributed by atoms with E-state index >= 15 is 0 Å². The van der Waals surface area contributed by atoms with Crippen molar-refractivity contribution in [2.75, 3.05) is 0 Å². The van der Waals surface area contributed by atoms with Crippen molar-refractivity contribution < 1.29 is 0 Å². The fraction of sp³-hybridized carbons (Fsp3) is 0.0500. The Morgan fingerprint density at radius 1 is 0.818 bits per heavy atom. The first-order valence-corrected chi connectivity index (χ1v) is 8.95. The average Bonchev–Trinajstić information content (AvgIpc) is 2.89. The SMILES string of the molecule is C[s+]1c(/C=C/c2ccc3ccccc3c2)nc2ccccc21. The van der Waals surface area contributed by atoms with Crippen LogP contribution in [0, 0.1) is 0 Å². The van der Waals surface area contributed by atoms with E-state index in [1.807, 2.05) is 0 Å². The van der Waals surface area contributed by atoms with Gasteiger partial charge in [-0.05, 0) is 34.5 Å². The van der Waals surface area contributed by atoms with E-state index in [1.165, 1.54) is 21.0 Å². The highest BCUT2D eigenvalue weighted by Gasteiger charge is 2.15. The fourth-order valence-corrected chi connectivity index (χ4v) is 4.17. The predicted octanol–water partition coefficient (Wildman–Crippen LogP) is 5.84. The largest absolute Gasteiger partial charge is 0.267 e. The lowest BCUT2D eigenvalue weighted by Crippen LogP contribution is -1.75. The first-order chi connectivity index (χ1) is 10.8. The minimum Gasteiger partial charge on any atom is -0.193 e. The lowest BCUT2D eigenvalue weighted by molar-refractivity contribution is 1.46. The number of nitrogens with zero attached hydrogens (tertiary/aromatic N) is 1. The van der Waals surface area contributed by atoms with Gasteiger partial charge in [-0.25, -0.2) is 0 Å². The average molecular weight is 302 g/mol. The molecule has 3 aromatic carbocycles. The van der Waals surface area contributed by atoms with Crippen molar-refractivity contribution in [3.05, 3.63) is 77.3 Å². The van der Waals surface area contributed by atoms with E-state index in [1.54, 1.807) is 0 Å². The van der Waals surface area contributed by atoms with Gasteiger partial charge in [-0.15, -0.1) is 0 Å². The zero-order valence-corrected chi connectivity index (χ0v) is 13.2. The first-order valence-electron chi connectivity index (χ1n) is 7.32. The quantitative estimate of drug-likeness (QED) is 0.424. The van der Waals surface area contributed by atoms with Crippen molar-refractivity contribution in [1.82, 2.24) is 4.98 Å². The van der Waals surface area contributed by atoms with E-state index in [-0.39, 0.29) is 10.5 Å². The number of thiazole rings is 1. The van der Waals surface area contributed by atoms with Crippen molar-refractivity contribution in [2.24, 2.45) is 6.26 Å². The van der Waals surface area contributed by atoms with E-state index in [0.29, 0.717) is 0 Å². The van der Waals surface area contributed by atoms with E-state index < -0.39 is 0 Å². The standard InChI is InChI=1S/C20H16NS/c1-22-19-9-5-4-8-18(19)21-20(22)13-11-15-10-12-16-6-2-3-7-17(16)14-15/h2-14H,1H3/q+1/b13-11+. The molecule has 0 aliphatic carbocycles. The van der Waals surface area contributed by atoms with E-state index in [4.69, 9.17) is 4.98 Å². The Bertz CT molecular complexity index is 995. The Balaban J connectivity index is 1.73. The van der Waals surface area contributed by atoms with Gasteiger partial charge in [0, 0.05) is 22.6 Å². The molecule has 0 spiro atoms. The minimum absolute atomic E-state index is 0.0768. The van der Waals surface area contributed by atoms with Crippen LogP contribution in [-0.4, -0.2) is 4.98 Å². The van der Waals surface area contributed by atoms with Crippen LogP contribution in [0.1, 0.15) is 10.6 Å². The molecule has 0 radical (unpaired) electrons. The summed E-state index contributed by atoms with van der Waals surface area (Å²) in [7, 11) is 0.0768. The van der Waals surface area contributed by atoms with Gasteiger partial charge < -0.3 is 0 Å². The highest BCUT2D eigenvalue weighted by atomic mass is 32.2. The lowest BCUT2D eigenvalue weighted by atomic mass is 10.1. The van der Waals surface area contributed by atoms with Gasteiger partial charge in [0.25, 0.3) is 5.01 Å². The van der Waals surface area contributed by atoms with E-state index in [2.05, 4.69) is 85.1 Å². The number of aryl methyl sites for hydroxylation is 1. The summed E-state index contributed by atoms with van der Waals surface area (Å²) in [6.07, 6.45) is 6.57. The molecule has 1 heterocycles. The topological polar surface area (TPSA) is 12.9 Å². The normalized spacial score (nSPS) is 12.5. The molecule has 1 unspecified atom stereocenters. The number of hydrogen-bond acceptors (Lipinski definition) is 1. The lowest BCUT2D eigenvalue weighted by Gasteiger charge is -1.98. The second-order valence-electron chi connectivity index (χ2n) is 5.37. The summed E-state index contributed by atoms with van der Waals surface area (Å²) in [5.41, 5.74) is 2.33. The summed E-state index contributed by atoms with van der Waals surface area (Å²) in [5, 5.41) is 3.71. The van der Waals surface area contributed by atoms with E-state index in [9.17, 15) is 0 Å². The second kappa shape index (κ2) is 5.39. The second-order valence-corrected chi connectivity index (χ2v) is 7.25. The molecule has 2 heteroatoms. The van der Waals surface area contributed by atoms with Crippen LogP contribution in [0.5, 0.6) is 0 Å². The summed E-state index contributed by atoms with van der Waals surface area (Å²) >= 11 is 0. The molecular formula is C20H16NS+. The highest BCUT2D eigenvalue weighted by Crippen LogP contribution is 2.32. The van der Waals surface area contributed by atoms with Crippen molar-refractivity contribution in [2.45, 2.75) is 0 Å². The third-order valence-corrected chi connectivity index (χ3v) is 5.79. The Kier molecular flexibility index (Phi) is 3.24. The summed E-state index contributed by atoms with van der Waals surface area (Å²) in [6.45, 7) is 0. The molecular weight excluding hydrogens is 286 g/mol. The van der Waals surface area contributed by atoms with Crippen LogP contribution in [0.15, 0.2) is 66.7 Å². The Labute approximate surface area is 132 Å². The van der Waals surface area contributed by atoms with Crippen LogP contribution in [-0.2, 0) is 6.26 Å². The third-order valence-electron chi connectivity index (χ3n) is 3.93. The maximum atomic E-state index is 4.75. The molecule has 0 saturated carbocycles. The molecule has 106 valence electrons. The number of benzene rings is 3. The van der Waals surface area contributed by atoms with Crippen molar-refractivity contribution >= 4 is 43.6 Å². The van der Waals surface area contributed by atoms with Gasteiger partial charge in [-0.3, -0.25) is 0 Å². The smallest absolute Gasteiger partial charge is 0.193 e. The molecule has 22 heavy (non-hydrogen) atoms. The minimum atomic E-state index is 0.0768. The molecule has 0 N–H and O–H groups in total. The van der Waals surface area contributed by atoms with Crippen LogP contribution in [0.4, 0.5) is 0 Å². The molecule has 4 aromatic rings. The Hall–Kier alpha value is -2.45. The number of fused-ring (bicyclic) bond motifs is 2. The van der Waals surface area contributed by atoms with Crippen LogP contribution in [0.2, 0.25) is 0 Å².